The van der Waals surface area contributed by atoms with Crippen molar-refractivity contribution in [3.05, 3.63) is 53.9 Å². The highest BCUT2D eigenvalue weighted by molar-refractivity contribution is 5.85. The molecule has 0 fully saturated rings. The lowest BCUT2D eigenvalue weighted by Crippen LogP contribution is -2.30. The van der Waals surface area contributed by atoms with Crippen molar-refractivity contribution in [2.24, 2.45) is 7.05 Å². The number of hydrogen-bond donors (Lipinski definition) is 1. The van der Waals surface area contributed by atoms with E-state index in [1.165, 1.54) is 0 Å². The number of benzene rings is 1. The third-order valence-electron chi connectivity index (χ3n) is 4.74. The first-order chi connectivity index (χ1) is 12.7. The van der Waals surface area contributed by atoms with Crippen LogP contribution in [-0.4, -0.2) is 27.3 Å². The van der Waals surface area contributed by atoms with Crippen molar-refractivity contribution in [3.63, 3.8) is 0 Å². The molecule has 1 amide bonds. The summed E-state index contributed by atoms with van der Waals surface area (Å²) in [5.41, 5.74) is 2.70. The minimum atomic E-state index is -0.0267. The van der Waals surface area contributed by atoms with Crippen LogP contribution >= 0.6 is 0 Å². The summed E-state index contributed by atoms with van der Waals surface area (Å²) in [7, 11) is 1.87. The van der Waals surface area contributed by atoms with Crippen LogP contribution in [-0.2, 0) is 18.3 Å². The number of carbonyl (C=O) groups is 1. The SMILES string of the molecule is Cn1ncc2cc3nc(c21)OCCCC[C@H](c1ccccc1)NC(=O)C3. The van der Waals surface area contributed by atoms with Gasteiger partial charge in [-0.05, 0) is 30.9 Å². The zero-order chi connectivity index (χ0) is 17.9. The number of rotatable bonds is 1. The highest BCUT2D eigenvalue weighted by Gasteiger charge is 2.18. The van der Waals surface area contributed by atoms with Gasteiger partial charge in [-0.3, -0.25) is 9.48 Å². The first-order valence-corrected chi connectivity index (χ1v) is 8.99. The lowest BCUT2D eigenvalue weighted by Gasteiger charge is -2.20. The number of amides is 1. The van der Waals surface area contributed by atoms with Gasteiger partial charge in [0.25, 0.3) is 0 Å². The molecular formula is C20H22N4O2. The number of nitrogens with zero attached hydrogens (tertiary/aromatic N) is 3. The average molecular weight is 350 g/mol. The van der Waals surface area contributed by atoms with E-state index in [4.69, 9.17) is 4.74 Å². The van der Waals surface area contributed by atoms with Crippen LogP contribution in [0.3, 0.4) is 0 Å². The van der Waals surface area contributed by atoms with E-state index in [0.717, 1.165) is 35.7 Å². The maximum atomic E-state index is 12.6. The molecule has 0 spiro atoms. The molecule has 26 heavy (non-hydrogen) atoms. The third kappa shape index (κ3) is 3.40. The second kappa shape index (κ2) is 7.15. The van der Waals surface area contributed by atoms with E-state index >= 15 is 0 Å². The molecule has 4 rings (SSSR count). The summed E-state index contributed by atoms with van der Waals surface area (Å²) in [6.45, 7) is 0.603. The molecule has 3 aromatic rings. The molecule has 0 unspecified atom stereocenters. The standard InChI is InChI=1S/C20H22N4O2/c1-24-19-15(13-21-24)11-16-12-18(25)23-17(14-7-3-2-4-8-14)9-5-6-10-26-20(19)22-16/h2-4,7-8,11,13,17H,5-6,9-10,12H2,1H3,(H,23,25)/t17-/m1/s1. The molecule has 6 nitrogen and oxygen atoms in total. The average Bonchev–Trinajstić information content (AvgIpc) is 3.01. The number of aryl methyl sites for hydroxylation is 1. The van der Waals surface area contributed by atoms with Crippen molar-refractivity contribution in [2.45, 2.75) is 31.7 Å². The molecule has 0 radical (unpaired) electrons. The van der Waals surface area contributed by atoms with Gasteiger partial charge in [0.05, 0.1) is 31.0 Å². The van der Waals surface area contributed by atoms with E-state index in [1.54, 1.807) is 10.9 Å². The Balaban J connectivity index is 1.64. The molecule has 134 valence electrons. The van der Waals surface area contributed by atoms with Crippen molar-refractivity contribution in [1.29, 1.82) is 0 Å². The minimum absolute atomic E-state index is 0.0183. The fourth-order valence-corrected chi connectivity index (χ4v) is 3.45. The third-order valence-corrected chi connectivity index (χ3v) is 4.74. The maximum Gasteiger partial charge on any atom is 0.240 e. The second-order valence-electron chi connectivity index (χ2n) is 6.68. The largest absolute Gasteiger partial charge is 0.476 e. The van der Waals surface area contributed by atoms with Crippen LogP contribution in [0.1, 0.15) is 36.6 Å². The molecule has 3 heterocycles. The monoisotopic (exact) mass is 350 g/mol. The zero-order valence-electron chi connectivity index (χ0n) is 14.8. The van der Waals surface area contributed by atoms with Gasteiger partial charge in [-0.15, -0.1) is 0 Å². The Morgan fingerprint density at radius 1 is 1.23 bits per heavy atom. The lowest BCUT2D eigenvalue weighted by molar-refractivity contribution is -0.121. The highest BCUT2D eigenvalue weighted by atomic mass is 16.5. The molecule has 0 saturated heterocycles. The fraction of sp³-hybridized carbons (Fsp3) is 0.350. The van der Waals surface area contributed by atoms with E-state index in [0.29, 0.717) is 18.2 Å². The molecule has 2 bridgehead atoms. The molecular weight excluding hydrogens is 328 g/mol. The van der Waals surface area contributed by atoms with Gasteiger partial charge in [0, 0.05) is 12.4 Å². The summed E-state index contributed by atoms with van der Waals surface area (Å²) >= 11 is 0. The van der Waals surface area contributed by atoms with E-state index in [2.05, 4.69) is 27.5 Å². The number of pyridine rings is 1. The number of ether oxygens (including phenoxy) is 1. The van der Waals surface area contributed by atoms with E-state index in [1.807, 2.05) is 31.3 Å². The van der Waals surface area contributed by atoms with Gasteiger partial charge in [-0.25, -0.2) is 4.98 Å². The predicted molar refractivity (Wildman–Crippen MR) is 98.9 cm³/mol. The summed E-state index contributed by atoms with van der Waals surface area (Å²) in [5.74, 6) is 0.534. The molecule has 6 heteroatoms. The molecule has 1 aliphatic rings. The number of hydrogen-bond acceptors (Lipinski definition) is 4. The van der Waals surface area contributed by atoms with Crippen LogP contribution in [0, 0.1) is 0 Å². The van der Waals surface area contributed by atoms with Gasteiger partial charge in [0.1, 0.15) is 5.52 Å². The Bertz CT molecular complexity index is 920. The zero-order valence-corrected chi connectivity index (χ0v) is 14.8. The molecule has 0 saturated carbocycles. The molecule has 1 aliphatic heterocycles. The highest BCUT2D eigenvalue weighted by Crippen LogP contribution is 2.26. The van der Waals surface area contributed by atoms with Crippen molar-refractivity contribution in [1.82, 2.24) is 20.1 Å². The van der Waals surface area contributed by atoms with Gasteiger partial charge in [0.15, 0.2) is 0 Å². The first kappa shape index (κ1) is 16.6. The van der Waals surface area contributed by atoms with E-state index in [9.17, 15) is 4.79 Å². The number of carbonyl (C=O) groups excluding carboxylic acids is 1. The predicted octanol–water partition coefficient (Wildman–Crippen LogP) is 2.93. The van der Waals surface area contributed by atoms with Crippen LogP contribution in [0.2, 0.25) is 0 Å². The Morgan fingerprint density at radius 2 is 2.08 bits per heavy atom. The summed E-state index contributed by atoms with van der Waals surface area (Å²) in [6, 6.07) is 12.1. The van der Waals surface area contributed by atoms with Gasteiger partial charge in [0.2, 0.25) is 11.8 Å². The maximum absolute atomic E-state index is 12.6. The Kier molecular flexibility index (Phi) is 4.56. The first-order valence-electron chi connectivity index (χ1n) is 8.99. The smallest absolute Gasteiger partial charge is 0.240 e. The topological polar surface area (TPSA) is 69.0 Å². The van der Waals surface area contributed by atoms with Crippen molar-refractivity contribution < 1.29 is 9.53 Å². The molecule has 0 aliphatic carbocycles. The van der Waals surface area contributed by atoms with Gasteiger partial charge >= 0.3 is 0 Å². The number of aromatic nitrogens is 3. The van der Waals surface area contributed by atoms with Gasteiger partial charge in [-0.2, -0.15) is 5.10 Å². The minimum Gasteiger partial charge on any atom is -0.476 e. The van der Waals surface area contributed by atoms with Crippen molar-refractivity contribution in [2.75, 3.05) is 6.61 Å². The summed E-state index contributed by atoms with van der Waals surface area (Å²) in [5, 5.41) is 8.40. The van der Waals surface area contributed by atoms with Gasteiger partial charge < -0.3 is 10.1 Å². The lowest BCUT2D eigenvalue weighted by atomic mass is 10.0. The van der Waals surface area contributed by atoms with Crippen LogP contribution in [0.5, 0.6) is 5.88 Å². The second-order valence-corrected chi connectivity index (χ2v) is 6.68. The molecule has 1 atom stereocenters. The molecule has 2 aromatic heterocycles. The van der Waals surface area contributed by atoms with Crippen LogP contribution in [0.15, 0.2) is 42.6 Å². The van der Waals surface area contributed by atoms with Crippen LogP contribution in [0.4, 0.5) is 0 Å². The number of fused-ring (bicyclic) bond motifs is 4. The molecule has 1 N–H and O–H groups in total. The number of nitrogens with one attached hydrogen (secondary N) is 1. The quantitative estimate of drug-likeness (QED) is 0.733. The fourth-order valence-electron chi connectivity index (χ4n) is 3.45. The molecule has 1 aromatic carbocycles. The van der Waals surface area contributed by atoms with Crippen molar-refractivity contribution in [3.8, 4) is 5.88 Å². The summed E-state index contributed by atoms with van der Waals surface area (Å²) in [6.07, 6.45) is 4.77. The normalized spacial score (nSPS) is 18.5. The Hall–Kier alpha value is -2.89. The Morgan fingerprint density at radius 3 is 2.92 bits per heavy atom. The van der Waals surface area contributed by atoms with Gasteiger partial charge in [-0.1, -0.05) is 30.3 Å². The van der Waals surface area contributed by atoms with Crippen molar-refractivity contribution >= 4 is 16.8 Å². The van der Waals surface area contributed by atoms with E-state index in [-0.39, 0.29) is 18.4 Å². The van der Waals surface area contributed by atoms with E-state index < -0.39 is 0 Å². The van der Waals surface area contributed by atoms with Crippen LogP contribution in [0.25, 0.3) is 10.9 Å². The summed E-state index contributed by atoms with van der Waals surface area (Å²) in [4.78, 5) is 17.2. The Labute approximate surface area is 152 Å². The summed E-state index contributed by atoms with van der Waals surface area (Å²) < 4.78 is 7.71. The van der Waals surface area contributed by atoms with Crippen LogP contribution < -0.4 is 10.1 Å².